The molecule has 0 N–H and O–H groups in total. The lowest BCUT2D eigenvalue weighted by atomic mass is 10.2. The molecule has 1 fully saturated rings. The molecule has 1 saturated heterocycles. The van der Waals surface area contributed by atoms with E-state index in [4.69, 9.17) is 0 Å². The second-order valence-corrected chi connectivity index (χ2v) is 5.40. The van der Waals surface area contributed by atoms with Crippen LogP contribution in [0.4, 0.5) is 10.1 Å². The minimum absolute atomic E-state index is 0.0105. The number of pyridine rings is 1. The molecule has 23 heavy (non-hydrogen) atoms. The van der Waals surface area contributed by atoms with E-state index >= 15 is 0 Å². The summed E-state index contributed by atoms with van der Waals surface area (Å²) in [5.74, 6) is -0.288. The largest absolute Gasteiger partial charge is 0.368 e. The molecule has 0 atom stereocenters. The number of carbonyl (C=O) groups is 1. The maximum absolute atomic E-state index is 12.8. The molecule has 3 rings (SSSR count). The van der Waals surface area contributed by atoms with Gasteiger partial charge in [0, 0.05) is 50.3 Å². The van der Waals surface area contributed by atoms with Gasteiger partial charge in [-0.15, -0.1) is 0 Å². The average Bonchev–Trinajstić information content (AvgIpc) is 2.62. The van der Waals surface area contributed by atoms with Crippen LogP contribution >= 0.6 is 0 Å². The Bertz CT molecular complexity index is 677. The van der Waals surface area contributed by atoms with Gasteiger partial charge in [-0.2, -0.15) is 0 Å². The highest BCUT2D eigenvalue weighted by Gasteiger charge is 2.19. The zero-order valence-corrected chi connectivity index (χ0v) is 12.7. The first-order valence-corrected chi connectivity index (χ1v) is 7.60. The van der Waals surface area contributed by atoms with Crippen LogP contribution in [0.25, 0.3) is 6.08 Å². The topological polar surface area (TPSA) is 36.4 Å². The van der Waals surface area contributed by atoms with Gasteiger partial charge in [-0.25, -0.2) is 4.39 Å². The Balaban J connectivity index is 1.55. The highest BCUT2D eigenvalue weighted by molar-refractivity contribution is 5.91. The van der Waals surface area contributed by atoms with Crippen molar-refractivity contribution in [1.82, 2.24) is 9.88 Å². The molecule has 1 aliphatic rings. The van der Waals surface area contributed by atoms with Crippen molar-refractivity contribution in [2.75, 3.05) is 31.1 Å². The summed E-state index contributed by atoms with van der Waals surface area (Å²) < 4.78 is 12.8. The molecule has 4 nitrogen and oxygen atoms in total. The summed E-state index contributed by atoms with van der Waals surface area (Å²) in [5.41, 5.74) is 1.95. The lowest BCUT2D eigenvalue weighted by Gasteiger charge is -2.35. The van der Waals surface area contributed by atoms with Crippen molar-refractivity contribution in [3.8, 4) is 0 Å². The first kappa shape index (κ1) is 15.2. The van der Waals surface area contributed by atoms with Crippen molar-refractivity contribution in [2.45, 2.75) is 0 Å². The molecular weight excluding hydrogens is 293 g/mol. The van der Waals surface area contributed by atoms with Gasteiger partial charge in [-0.3, -0.25) is 9.78 Å². The highest BCUT2D eigenvalue weighted by atomic mass is 19.1. The third-order valence-corrected chi connectivity index (χ3v) is 3.91. The number of benzene rings is 1. The molecular formula is C18H18FN3O. The molecule has 2 heterocycles. The van der Waals surface area contributed by atoms with E-state index in [0.29, 0.717) is 13.1 Å². The smallest absolute Gasteiger partial charge is 0.246 e. The van der Waals surface area contributed by atoms with Crippen molar-refractivity contribution < 1.29 is 9.18 Å². The van der Waals surface area contributed by atoms with Gasteiger partial charge in [-0.05, 0) is 35.9 Å². The summed E-state index contributed by atoms with van der Waals surface area (Å²) in [6.45, 7) is 2.99. The molecule has 1 aliphatic heterocycles. The summed E-state index contributed by atoms with van der Waals surface area (Å²) in [7, 11) is 0. The zero-order valence-electron chi connectivity index (χ0n) is 12.7. The SMILES string of the molecule is O=C(/C=C/c1ccc(F)cc1)N1CCN(c2ccncc2)CC1. The summed E-state index contributed by atoms with van der Waals surface area (Å²) in [6, 6.07) is 10.0. The Morgan fingerprint density at radius 2 is 1.65 bits per heavy atom. The molecule has 0 spiro atoms. The van der Waals surface area contributed by atoms with Crippen LogP contribution in [0.1, 0.15) is 5.56 Å². The van der Waals surface area contributed by atoms with Gasteiger partial charge in [0.25, 0.3) is 0 Å². The molecule has 0 radical (unpaired) electrons. The van der Waals surface area contributed by atoms with E-state index in [1.54, 1.807) is 36.7 Å². The van der Waals surface area contributed by atoms with Gasteiger partial charge in [0.05, 0.1) is 0 Å². The predicted molar refractivity (Wildman–Crippen MR) is 88.5 cm³/mol. The van der Waals surface area contributed by atoms with E-state index in [0.717, 1.165) is 24.3 Å². The molecule has 0 saturated carbocycles. The lowest BCUT2D eigenvalue weighted by Crippen LogP contribution is -2.48. The maximum Gasteiger partial charge on any atom is 0.246 e. The standard InChI is InChI=1S/C18H18FN3O/c19-16-4-1-15(2-5-16)3-6-18(23)22-13-11-21(12-14-22)17-7-9-20-10-8-17/h1-10H,11-14H2/b6-3+. The monoisotopic (exact) mass is 311 g/mol. The van der Waals surface area contributed by atoms with E-state index in [1.807, 2.05) is 17.0 Å². The average molecular weight is 311 g/mol. The van der Waals surface area contributed by atoms with E-state index in [-0.39, 0.29) is 11.7 Å². The Morgan fingerprint density at radius 3 is 2.30 bits per heavy atom. The first-order valence-electron chi connectivity index (χ1n) is 7.60. The van der Waals surface area contributed by atoms with E-state index in [1.165, 1.54) is 12.1 Å². The number of anilines is 1. The number of amides is 1. The summed E-state index contributed by atoms with van der Waals surface area (Å²) in [6.07, 6.45) is 6.82. The molecule has 1 amide bonds. The number of hydrogen-bond acceptors (Lipinski definition) is 3. The molecule has 118 valence electrons. The molecule has 0 aliphatic carbocycles. The Hall–Kier alpha value is -2.69. The lowest BCUT2D eigenvalue weighted by molar-refractivity contribution is -0.126. The van der Waals surface area contributed by atoms with Crippen LogP contribution < -0.4 is 4.90 Å². The van der Waals surface area contributed by atoms with Crippen molar-refractivity contribution in [3.05, 3.63) is 66.2 Å². The zero-order chi connectivity index (χ0) is 16.1. The van der Waals surface area contributed by atoms with Crippen LogP contribution in [0.15, 0.2) is 54.9 Å². The summed E-state index contributed by atoms with van der Waals surface area (Å²) >= 11 is 0. The van der Waals surface area contributed by atoms with Gasteiger partial charge >= 0.3 is 0 Å². The molecule has 0 bridgehead atoms. The fourth-order valence-electron chi connectivity index (χ4n) is 2.59. The quantitative estimate of drug-likeness (QED) is 0.818. The van der Waals surface area contributed by atoms with Crippen molar-refractivity contribution >= 4 is 17.7 Å². The first-order chi connectivity index (χ1) is 11.2. The molecule has 5 heteroatoms. The van der Waals surface area contributed by atoms with Gasteiger partial charge in [0.15, 0.2) is 0 Å². The van der Waals surface area contributed by atoms with Crippen molar-refractivity contribution in [2.24, 2.45) is 0 Å². The number of piperazine rings is 1. The van der Waals surface area contributed by atoms with Crippen molar-refractivity contribution in [3.63, 3.8) is 0 Å². The number of carbonyl (C=O) groups excluding carboxylic acids is 1. The number of rotatable bonds is 3. The van der Waals surface area contributed by atoms with Crippen LogP contribution in [-0.2, 0) is 4.79 Å². The molecule has 1 aromatic carbocycles. The van der Waals surface area contributed by atoms with Crippen LogP contribution in [0, 0.1) is 5.82 Å². The number of aromatic nitrogens is 1. The second kappa shape index (κ2) is 7.05. The molecule has 1 aromatic heterocycles. The van der Waals surface area contributed by atoms with Crippen LogP contribution in [-0.4, -0.2) is 42.0 Å². The number of hydrogen-bond donors (Lipinski definition) is 0. The second-order valence-electron chi connectivity index (χ2n) is 5.40. The maximum atomic E-state index is 12.8. The molecule has 0 unspecified atom stereocenters. The van der Waals surface area contributed by atoms with Crippen molar-refractivity contribution in [1.29, 1.82) is 0 Å². The van der Waals surface area contributed by atoms with Crippen LogP contribution in [0.2, 0.25) is 0 Å². The van der Waals surface area contributed by atoms with Gasteiger partial charge < -0.3 is 9.80 Å². The number of nitrogens with zero attached hydrogens (tertiary/aromatic N) is 3. The predicted octanol–water partition coefficient (Wildman–Crippen LogP) is 2.58. The van der Waals surface area contributed by atoms with Crippen LogP contribution in [0.3, 0.4) is 0 Å². The number of halogens is 1. The minimum atomic E-state index is -0.277. The van der Waals surface area contributed by atoms with Gasteiger partial charge in [0.2, 0.25) is 5.91 Å². The van der Waals surface area contributed by atoms with Crippen LogP contribution in [0.5, 0.6) is 0 Å². The molecule has 2 aromatic rings. The van der Waals surface area contributed by atoms with E-state index in [9.17, 15) is 9.18 Å². The Kier molecular flexibility index (Phi) is 4.66. The minimum Gasteiger partial charge on any atom is -0.368 e. The fourth-order valence-corrected chi connectivity index (χ4v) is 2.59. The van der Waals surface area contributed by atoms with Gasteiger partial charge in [-0.1, -0.05) is 12.1 Å². The third kappa shape index (κ3) is 3.94. The highest BCUT2D eigenvalue weighted by Crippen LogP contribution is 2.15. The van der Waals surface area contributed by atoms with Gasteiger partial charge in [0.1, 0.15) is 5.82 Å². The summed E-state index contributed by atoms with van der Waals surface area (Å²) in [5, 5.41) is 0. The Labute approximate surface area is 134 Å². The van der Waals surface area contributed by atoms with E-state index < -0.39 is 0 Å². The fraction of sp³-hybridized carbons (Fsp3) is 0.222. The summed E-state index contributed by atoms with van der Waals surface area (Å²) in [4.78, 5) is 20.3. The third-order valence-electron chi connectivity index (χ3n) is 3.91. The Morgan fingerprint density at radius 1 is 1.00 bits per heavy atom. The van der Waals surface area contributed by atoms with E-state index in [2.05, 4.69) is 9.88 Å². The normalized spacial score (nSPS) is 15.2.